The van der Waals surface area contributed by atoms with E-state index in [1.165, 1.54) is 11.3 Å². The SMILES string of the molecule is CCOC(=O)CN(C)c1cn[c]s1. The van der Waals surface area contributed by atoms with Crippen LogP contribution < -0.4 is 4.90 Å². The van der Waals surface area contributed by atoms with Gasteiger partial charge in [0.25, 0.3) is 0 Å². The first-order valence-electron chi connectivity index (χ1n) is 3.92. The van der Waals surface area contributed by atoms with Gasteiger partial charge >= 0.3 is 5.97 Å². The van der Waals surface area contributed by atoms with Crippen LogP contribution in [0.15, 0.2) is 6.20 Å². The van der Waals surface area contributed by atoms with Gasteiger partial charge in [-0.05, 0) is 6.92 Å². The maximum absolute atomic E-state index is 11.1. The Morgan fingerprint density at radius 3 is 3.15 bits per heavy atom. The third-order valence-electron chi connectivity index (χ3n) is 1.43. The third-order valence-corrected chi connectivity index (χ3v) is 2.25. The molecule has 1 radical (unpaired) electrons. The number of esters is 1. The van der Waals surface area contributed by atoms with Crippen molar-refractivity contribution in [1.82, 2.24) is 4.98 Å². The van der Waals surface area contributed by atoms with Crippen LogP contribution in [-0.2, 0) is 9.53 Å². The molecule has 5 heteroatoms. The Morgan fingerprint density at radius 1 is 1.85 bits per heavy atom. The number of hydrogen-bond acceptors (Lipinski definition) is 5. The maximum Gasteiger partial charge on any atom is 0.325 e. The van der Waals surface area contributed by atoms with E-state index < -0.39 is 0 Å². The van der Waals surface area contributed by atoms with Crippen molar-refractivity contribution in [2.24, 2.45) is 0 Å². The van der Waals surface area contributed by atoms with Gasteiger partial charge in [-0.3, -0.25) is 4.79 Å². The van der Waals surface area contributed by atoms with Crippen LogP contribution in [0.5, 0.6) is 0 Å². The van der Waals surface area contributed by atoms with Crippen molar-refractivity contribution in [1.29, 1.82) is 0 Å². The molecule has 0 fully saturated rings. The number of aromatic nitrogens is 1. The molecule has 0 atom stereocenters. The van der Waals surface area contributed by atoms with Crippen LogP contribution >= 0.6 is 11.3 Å². The van der Waals surface area contributed by atoms with Crippen LogP contribution in [0, 0.1) is 5.51 Å². The van der Waals surface area contributed by atoms with E-state index in [0.29, 0.717) is 6.61 Å². The molecule has 0 saturated carbocycles. The van der Waals surface area contributed by atoms with Crippen LogP contribution in [-0.4, -0.2) is 31.2 Å². The van der Waals surface area contributed by atoms with Gasteiger partial charge in [-0.25, -0.2) is 4.98 Å². The van der Waals surface area contributed by atoms with E-state index >= 15 is 0 Å². The molecule has 4 nitrogen and oxygen atoms in total. The fourth-order valence-corrected chi connectivity index (χ4v) is 1.36. The molecule has 0 aliphatic carbocycles. The van der Waals surface area contributed by atoms with Crippen molar-refractivity contribution >= 4 is 22.3 Å². The van der Waals surface area contributed by atoms with Crippen LogP contribution in [0.2, 0.25) is 0 Å². The van der Waals surface area contributed by atoms with Crippen LogP contribution in [0.4, 0.5) is 5.00 Å². The molecule has 0 aromatic carbocycles. The summed E-state index contributed by atoms with van der Waals surface area (Å²) in [5.74, 6) is -0.224. The molecule has 1 heterocycles. The molecule has 0 aliphatic rings. The summed E-state index contributed by atoms with van der Waals surface area (Å²) in [6, 6.07) is 0. The molecular formula is C8H11N2O2S. The highest BCUT2D eigenvalue weighted by atomic mass is 32.1. The Labute approximate surface area is 81.2 Å². The molecule has 1 aromatic heterocycles. The molecule has 1 rings (SSSR count). The van der Waals surface area contributed by atoms with Crippen molar-refractivity contribution in [3.05, 3.63) is 11.7 Å². The Bertz CT molecular complexity index is 261. The Balaban J connectivity index is 2.42. The molecule has 0 unspecified atom stereocenters. The molecule has 0 N–H and O–H groups in total. The highest BCUT2D eigenvalue weighted by Gasteiger charge is 2.08. The molecule has 0 aliphatic heterocycles. The number of hydrogen-bond donors (Lipinski definition) is 0. The van der Waals surface area contributed by atoms with Crippen molar-refractivity contribution < 1.29 is 9.53 Å². The van der Waals surface area contributed by atoms with Gasteiger partial charge in [0, 0.05) is 7.05 Å². The first-order valence-corrected chi connectivity index (χ1v) is 4.74. The average Bonchev–Trinajstić information content (AvgIpc) is 2.55. The number of thiazole rings is 1. The van der Waals surface area contributed by atoms with Gasteiger partial charge < -0.3 is 9.64 Å². The zero-order valence-corrected chi connectivity index (χ0v) is 8.43. The fourth-order valence-electron chi connectivity index (χ4n) is 0.836. The maximum atomic E-state index is 11.1. The predicted molar refractivity (Wildman–Crippen MR) is 50.9 cm³/mol. The highest BCUT2D eigenvalue weighted by Crippen LogP contribution is 2.16. The van der Waals surface area contributed by atoms with E-state index in [1.807, 2.05) is 7.05 Å². The van der Waals surface area contributed by atoms with Crippen LogP contribution in [0.1, 0.15) is 6.92 Å². The molecule has 0 spiro atoms. The third kappa shape index (κ3) is 3.02. The van der Waals surface area contributed by atoms with Crippen LogP contribution in [0.25, 0.3) is 0 Å². The summed E-state index contributed by atoms with van der Waals surface area (Å²) >= 11 is 1.37. The summed E-state index contributed by atoms with van der Waals surface area (Å²) in [5, 5.41) is 0.910. The standard InChI is InChI=1S/C8H11N2O2S/c1-3-12-8(11)5-10(2)7-4-9-6-13-7/h4H,3,5H2,1-2H3. The van der Waals surface area contributed by atoms with E-state index in [4.69, 9.17) is 4.74 Å². The largest absolute Gasteiger partial charge is 0.465 e. The lowest BCUT2D eigenvalue weighted by atomic mass is 10.5. The lowest BCUT2D eigenvalue weighted by Crippen LogP contribution is -2.26. The van der Waals surface area contributed by atoms with Gasteiger partial charge in [0.15, 0.2) is 5.51 Å². The predicted octanol–water partition coefficient (Wildman–Crippen LogP) is 0.943. The van der Waals surface area contributed by atoms with Gasteiger partial charge in [-0.1, -0.05) is 11.3 Å². The minimum Gasteiger partial charge on any atom is -0.465 e. The quantitative estimate of drug-likeness (QED) is 0.677. The van der Waals surface area contributed by atoms with Crippen LogP contribution in [0.3, 0.4) is 0 Å². The molecule has 1 aromatic rings. The second-order valence-electron chi connectivity index (χ2n) is 2.45. The molecule has 13 heavy (non-hydrogen) atoms. The number of carbonyl (C=O) groups is 1. The minimum atomic E-state index is -0.224. The van der Waals surface area contributed by atoms with Crippen molar-refractivity contribution in [3.8, 4) is 0 Å². The van der Waals surface area contributed by atoms with E-state index in [-0.39, 0.29) is 12.5 Å². The highest BCUT2D eigenvalue weighted by molar-refractivity contribution is 7.13. The lowest BCUT2D eigenvalue weighted by Gasteiger charge is -2.14. The van der Waals surface area contributed by atoms with E-state index in [2.05, 4.69) is 10.5 Å². The normalized spacial score (nSPS) is 9.69. The summed E-state index contributed by atoms with van der Waals surface area (Å²) in [5.41, 5.74) is 2.71. The smallest absolute Gasteiger partial charge is 0.325 e. The topological polar surface area (TPSA) is 42.4 Å². The zero-order valence-electron chi connectivity index (χ0n) is 7.61. The van der Waals surface area contributed by atoms with Gasteiger partial charge in [0.05, 0.1) is 12.8 Å². The first kappa shape index (κ1) is 9.98. The van der Waals surface area contributed by atoms with E-state index in [0.717, 1.165) is 5.00 Å². The summed E-state index contributed by atoms with van der Waals surface area (Å²) < 4.78 is 4.80. The minimum absolute atomic E-state index is 0.224. The number of rotatable bonds is 4. The van der Waals surface area contributed by atoms with Gasteiger partial charge in [0.2, 0.25) is 0 Å². The summed E-state index contributed by atoms with van der Waals surface area (Å²) in [6.45, 7) is 2.46. The monoisotopic (exact) mass is 199 g/mol. The number of anilines is 1. The van der Waals surface area contributed by atoms with Gasteiger partial charge in [-0.15, -0.1) is 0 Å². The molecule has 71 valence electrons. The van der Waals surface area contributed by atoms with Crippen molar-refractivity contribution in [3.63, 3.8) is 0 Å². The molecule has 0 saturated heterocycles. The van der Waals surface area contributed by atoms with E-state index in [1.54, 1.807) is 18.0 Å². The number of ether oxygens (including phenoxy) is 1. The molecule has 0 amide bonds. The van der Waals surface area contributed by atoms with Crippen molar-refractivity contribution in [2.75, 3.05) is 25.1 Å². The fraction of sp³-hybridized carbons (Fsp3) is 0.500. The summed E-state index contributed by atoms with van der Waals surface area (Å²) in [6.07, 6.45) is 1.67. The molecular weight excluding hydrogens is 188 g/mol. The second kappa shape index (κ2) is 4.81. The lowest BCUT2D eigenvalue weighted by molar-refractivity contribution is -0.141. The number of carbonyl (C=O) groups excluding carboxylic acids is 1. The average molecular weight is 199 g/mol. The van der Waals surface area contributed by atoms with E-state index in [9.17, 15) is 4.79 Å². The Kier molecular flexibility index (Phi) is 3.70. The Hall–Kier alpha value is -1.10. The van der Waals surface area contributed by atoms with Crippen molar-refractivity contribution in [2.45, 2.75) is 6.92 Å². The summed E-state index contributed by atoms with van der Waals surface area (Å²) in [7, 11) is 1.82. The van der Waals surface area contributed by atoms with Gasteiger partial charge in [-0.2, -0.15) is 0 Å². The zero-order chi connectivity index (χ0) is 9.68. The Morgan fingerprint density at radius 2 is 2.62 bits per heavy atom. The van der Waals surface area contributed by atoms with Gasteiger partial charge in [0.1, 0.15) is 11.5 Å². The molecule has 0 bridgehead atoms. The summed E-state index contributed by atoms with van der Waals surface area (Å²) in [4.78, 5) is 16.6. The second-order valence-corrected chi connectivity index (χ2v) is 3.26. The number of likely N-dealkylation sites (N-methyl/N-ethyl adjacent to an activating group) is 1. The number of nitrogens with zero attached hydrogens (tertiary/aromatic N) is 2. The first-order chi connectivity index (χ1) is 6.24.